The summed E-state index contributed by atoms with van der Waals surface area (Å²) in [5.74, 6) is 0.0942. The maximum atomic E-state index is 12.4. The fourth-order valence-corrected chi connectivity index (χ4v) is 4.41. The number of carbonyl (C=O) groups excluding carboxylic acids is 2. The van der Waals surface area contributed by atoms with Gasteiger partial charge in [-0.15, -0.1) is 0 Å². The van der Waals surface area contributed by atoms with Gasteiger partial charge in [0.1, 0.15) is 0 Å². The lowest BCUT2D eigenvalue weighted by molar-refractivity contribution is -0.122. The van der Waals surface area contributed by atoms with E-state index in [2.05, 4.69) is 52.1 Å². The third-order valence-corrected chi connectivity index (χ3v) is 6.16. The monoisotopic (exact) mass is 430 g/mol. The van der Waals surface area contributed by atoms with Gasteiger partial charge in [0.25, 0.3) is 0 Å². The molecule has 2 amide bonds. The van der Waals surface area contributed by atoms with E-state index in [9.17, 15) is 9.59 Å². The molecule has 2 heterocycles. The normalized spacial score (nSPS) is 17.8. The molecule has 1 aliphatic heterocycles. The van der Waals surface area contributed by atoms with E-state index in [1.807, 2.05) is 37.6 Å². The Hall–Kier alpha value is -3.41. The van der Waals surface area contributed by atoms with Gasteiger partial charge in [0.2, 0.25) is 11.8 Å². The first-order chi connectivity index (χ1) is 15.5. The molecule has 6 heteroatoms. The maximum absolute atomic E-state index is 12.4. The first kappa shape index (κ1) is 21.8. The van der Waals surface area contributed by atoms with Crippen LogP contribution in [-0.2, 0) is 29.5 Å². The van der Waals surface area contributed by atoms with E-state index >= 15 is 0 Å². The predicted molar refractivity (Wildman–Crippen MR) is 125 cm³/mol. The van der Waals surface area contributed by atoms with Gasteiger partial charge in [-0.3, -0.25) is 14.3 Å². The zero-order valence-corrected chi connectivity index (χ0v) is 18.5. The molecule has 1 aliphatic rings. The number of amides is 2. The van der Waals surface area contributed by atoms with Crippen molar-refractivity contribution in [2.75, 3.05) is 6.54 Å². The van der Waals surface area contributed by atoms with Crippen LogP contribution < -0.4 is 10.6 Å². The van der Waals surface area contributed by atoms with Crippen LogP contribution in [0.2, 0.25) is 0 Å². The SMILES string of the molecule is Cn1cc(CCNC(=O)CC[C@@]2(Cc3ccc(-c4ccccc4)cc3)CCC(=O)N2)cn1. The Kier molecular flexibility index (Phi) is 6.69. The third kappa shape index (κ3) is 5.63. The van der Waals surface area contributed by atoms with Crippen molar-refractivity contribution < 1.29 is 9.59 Å². The minimum absolute atomic E-state index is 0.0221. The molecular weight excluding hydrogens is 400 g/mol. The molecule has 2 aromatic carbocycles. The second kappa shape index (κ2) is 9.81. The second-order valence-corrected chi connectivity index (χ2v) is 8.69. The predicted octanol–water partition coefficient (Wildman–Crippen LogP) is 3.42. The van der Waals surface area contributed by atoms with Gasteiger partial charge >= 0.3 is 0 Å². The Balaban J connectivity index is 1.33. The number of benzene rings is 2. The molecule has 0 bridgehead atoms. The second-order valence-electron chi connectivity index (χ2n) is 8.69. The van der Waals surface area contributed by atoms with Crippen LogP contribution in [0.3, 0.4) is 0 Å². The van der Waals surface area contributed by atoms with E-state index in [0.29, 0.717) is 25.8 Å². The first-order valence-electron chi connectivity index (χ1n) is 11.2. The number of carbonyl (C=O) groups is 2. The average molecular weight is 431 g/mol. The summed E-state index contributed by atoms with van der Waals surface area (Å²) in [6, 6.07) is 18.8. The van der Waals surface area contributed by atoms with Crippen molar-refractivity contribution in [1.82, 2.24) is 20.4 Å². The van der Waals surface area contributed by atoms with Crippen molar-refractivity contribution in [3.05, 3.63) is 78.1 Å². The average Bonchev–Trinajstić information content (AvgIpc) is 3.39. The van der Waals surface area contributed by atoms with Gasteiger partial charge in [0.05, 0.1) is 6.20 Å². The summed E-state index contributed by atoms with van der Waals surface area (Å²) >= 11 is 0. The number of aryl methyl sites for hydroxylation is 1. The molecule has 166 valence electrons. The van der Waals surface area contributed by atoms with Gasteiger partial charge in [-0.2, -0.15) is 5.10 Å². The van der Waals surface area contributed by atoms with Crippen LogP contribution in [0.25, 0.3) is 11.1 Å². The van der Waals surface area contributed by atoms with Gasteiger partial charge in [-0.1, -0.05) is 54.6 Å². The zero-order chi connectivity index (χ0) is 22.4. The van der Waals surface area contributed by atoms with Gasteiger partial charge in [0.15, 0.2) is 0 Å². The molecule has 0 aliphatic carbocycles. The summed E-state index contributed by atoms with van der Waals surface area (Å²) in [6.45, 7) is 0.588. The van der Waals surface area contributed by atoms with E-state index in [-0.39, 0.29) is 17.4 Å². The molecule has 0 unspecified atom stereocenters. The van der Waals surface area contributed by atoms with E-state index in [1.165, 1.54) is 16.7 Å². The largest absolute Gasteiger partial charge is 0.356 e. The number of nitrogens with zero attached hydrogens (tertiary/aromatic N) is 2. The number of nitrogens with one attached hydrogen (secondary N) is 2. The highest BCUT2D eigenvalue weighted by Gasteiger charge is 2.37. The Morgan fingerprint density at radius 1 is 1.09 bits per heavy atom. The Morgan fingerprint density at radius 3 is 2.50 bits per heavy atom. The van der Waals surface area contributed by atoms with Crippen LogP contribution in [0.4, 0.5) is 0 Å². The van der Waals surface area contributed by atoms with Crippen molar-refractivity contribution in [3.8, 4) is 11.1 Å². The molecule has 6 nitrogen and oxygen atoms in total. The van der Waals surface area contributed by atoms with Crippen LogP contribution >= 0.6 is 0 Å². The highest BCUT2D eigenvalue weighted by Crippen LogP contribution is 2.30. The molecule has 0 spiro atoms. The van der Waals surface area contributed by atoms with Crippen LogP contribution in [0, 0.1) is 0 Å². The summed E-state index contributed by atoms with van der Waals surface area (Å²) in [6.07, 6.45) is 7.58. The van der Waals surface area contributed by atoms with Crippen LogP contribution in [0.15, 0.2) is 67.0 Å². The van der Waals surface area contributed by atoms with Gasteiger partial charge < -0.3 is 10.6 Å². The van der Waals surface area contributed by atoms with Crippen molar-refractivity contribution in [2.45, 2.75) is 44.1 Å². The number of aromatic nitrogens is 2. The quantitative estimate of drug-likeness (QED) is 0.546. The van der Waals surface area contributed by atoms with Crippen molar-refractivity contribution >= 4 is 11.8 Å². The Morgan fingerprint density at radius 2 is 1.84 bits per heavy atom. The first-order valence-corrected chi connectivity index (χ1v) is 11.2. The van der Waals surface area contributed by atoms with Gasteiger partial charge in [-0.05, 0) is 47.9 Å². The smallest absolute Gasteiger partial charge is 0.220 e. The van der Waals surface area contributed by atoms with Crippen LogP contribution in [0.1, 0.15) is 36.8 Å². The fourth-order valence-electron chi connectivity index (χ4n) is 4.41. The lowest BCUT2D eigenvalue weighted by Crippen LogP contribution is -2.44. The third-order valence-electron chi connectivity index (χ3n) is 6.16. The van der Waals surface area contributed by atoms with E-state index in [0.717, 1.165) is 24.8 Å². The molecule has 4 rings (SSSR count). The molecule has 0 radical (unpaired) electrons. The molecule has 0 saturated carbocycles. The molecule has 1 aromatic heterocycles. The van der Waals surface area contributed by atoms with Crippen molar-refractivity contribution in [3.63, 3.8) is 0 Å². The Labute approximate surface area is 189 Å². The molecule has 2 N–H and O–H groups in total. The van der Waals surface area contributed by atoms with Crippen LogP contribution in [-0.4, -0.2) is 33.7 Å². The molecule has 1 fully saturated rings. The minimum atomic E-state index is -0.355. The summed E-state index contributed by atoms with van der Waals surface area (Å²) in [5, 5.41) is 10.3. The standard InChI is InChI=1S/C26H30N4O2/c1-30-19-21(18-28-30)13-16-27-24(31)11-14-26(15-12-25(32)29-26)17-20-7-9-23(10-8-20)22-5-3-2-4-6-22/h2-10,18-19H,11-17H2,1H3,(H,27,31)(H,29,32)/t26-/m0/s1. The van der Waals surface area contributed by atoms with Crippen molar-refractivity contribution in [2.24, 2.45) is 7.05 Å². The number of rotatable bonds is 9. The van der Waals surface area contributed by atoms with Gasteiger partial charge in [0, 0.05) is 38.2 Å². The van der Waals surface area contributed by atoms with Crippen LogP contribution in [0.5, 0.6) is 0 Å². The Bertz CT molecular complexity index is 1060. The van der Waals surface area contributed by atoms with Gasteiger partial charge in [-0.25, -0.2) is 0 Å². The zero-order valence-electron chi connectivity index (χ0n) is 18.5. The summed E-state index contributed by atoms with van der Waals surface area (Å²) in [4.78, 5) is 24.5. The fraction of sp³-hybridized carbons (Fsp3) is 0.346. The molecule has 1 saturated heterocycles. The number of hydrogen-bond acceptors (Lipinski definition) is 3. The number of hydrogen-bond donors (Lipinski definition) is 2. The lowest BCUT2D eigenvalue weighted by Gasteiger charge is -2.29. The minimum Gasteiger partial charge on any atom is -0.356 e. The topological polar surface area (TPSA) is 76.0 Å². The molecular formula is C26H30N4O2. The summed E-state index contributed by atoms with van der Waals surface area (Å²) < 4.78 is 1.76. The summed E-state index contributed by atoms with van der Waals surface area (Å²) in [7, 11) is 1.88. The molecule has 1 atom stereocenters. The van der Waals surface area contributed by atoms with E-state index in [4.69, 9.17) is 0 Å². The molecule has 3 aromatic rings. The van der Waals surface area contributed by atoms with E-state index < -0.39 is 0 Å². The molecule has 32 heavy (non-hydrogen) atoms. The highest BCUT2D eigenvalue weighted by molar-refractivity contribution is 5.80. The maximum Gasteiger partial charge on any atom is 0.220 e. The lowest BCUT2D eigenvalue weighted by atomic mass is 9.84. The van der Waals surface area contributed by atoms with E-state index in [1.54, 1.807) is 4.68 Å². The highest BCUT2D eigenvalue weighted by atomic mass is 16.2. The van der Waals surface area contributed by atoms with Crippen molar-refractivity contribution in [1.29, 1.82) is 0 Å². The summed E-state index contributed by atoms with van der Waals surface area (Å²) in [5.41, 5.74) is 4.28.